The van der Waals surface area contributed by atoms with Crippen molar-refractivity contribution in [3.63, 3.8) is 0 Å². The van der Waals surface area contributed by atoms with Crippen LogP contribution in [0.15, 0.2) is 48.0 Å². The smallest absolute Gasteiger partial charge is 0.196 e. The van der Waals surface area contributed by atoms with Crippen LogP contribution in [-0.4, -0.2) is 12.4 Å². The molecule has 2 aromatic carbocycles. The van der Waals surface area contributed by atoms with Gasteiger partial charge < -0.3 is 4.74 Å². The molecule has 0 radical (unpaired) electrons. The van der Waals surface area contributed by atoms with Gasteiger partial charge in [0.1, 0.15) is 18.2 Å². The molecule has 0 unspecified atom stereocenters. The van der Waals surface area contributed by atoms with Crippen molar-refractivity contribution in [1.29, 1.82) is 0 Å². The zero-order valence-corrected chi connectivity index (χ0v) is 11.2. The maximum atomic E-state index is 13.2. The summed E-state index contributed by atoms with van der Waals surface area (Å²) < 4.78 is 18.7. The summed E-state index contributed by atoms with van der Waals surface area (Å²) in [5, 5.41) is 0.630. The Bertz CT molecular complexity index is 705. The van der Waals surface area contributed by atoms with Gasteiger partial charge in [-0.1, -0.05) is 23.7 Å². The van der Waals surface area contributed by atoms with E-state index in [0.29, 0.717) is 16.3 Å². The Morgan fingerprint density at radius 3 is 2.65 bits per heavy atom. The fraction of sp³-hybridized carbons (Fsp3) is 0.0625. The van der Waals surface area contributed by atoms with Gasteiger partial charge in [-0.15, -0.1) is 0 Å². The Hall–Kier alpha value is -2.13. The molecule has 1 aliphatic rings. The molecule has 1 heterocycles. The molecule has 0 saturated heterocycles. The van der Waals surface area contributed by atoms with Crippen molar-refractivity contribution >= 4 is 23.5 Å². The summed E-state index contributed by atoms with van der Waals surface area (Å²) in [4.78, 5) is 12.3. The Morgan fingerprint density at radius 1 is 1.15 bits per heavy atom. The van der Waals surface area contributed by atoms with Crippen LogP contribution in [0.1, 0.15) is 15.9 Å². The Balaban J connectivity index is 1.97. The third kappa shape index (κ3) is 2.45. The molecular formula is C16H10ClFO2. The van der Waals surface area contributed by atoms with E-state index in [0.717, 1.165) is 5.56 Å². The minimum absolute atomic E-state index is 0.181. The van der Waals surface area contributed by atoms with Crippen LogP contribution in [0.3, 0.4) is 0 Å². The molecule has 2 aromatic rings. The molecule has 1 aliphatic heterocycles. The SMILES string of the molecule is O=C1/C(=C\c2ccc(Cl)cc2)COc2ccc(F)cc21. The van der Waals surface area contributed by atoms with E-state index in [1.165, 1.54) is 18.2 Å². The van der Waals surface area contributed by atoms with Crippen LogP contribution in [0.5, 0.6) is 5.75 Å². The standard InChI is InChI=1S/C16H10ClFO2/c17-12-3-1-10(2-4-12)7-11-9-20-15-6-5-13(18)8-14(15)16(11)19/h1-8H,9H2/b11-7-. The van der Waals surface area contributed by atoms with Crippen LogP contribution in [-0.2, 0) is 0 Å². The van der Waals surface area contributed by atoms with Gasteiger partial charge in [0, 0.05) is 10.6 Å². The summed E-state index contributed by atoms with van der Waals surface area (Å²) in [7, 11) is 0. The Labute approximate surface area is 120 Å². The quantitative estimate of drug-likeness (QED) is 0.737. The second-order valence-corrected chi connectivity index (χ2v) is 4.92. The number of benzene rings is 2. The minimum Gasteiger partial charge on any atom is -0.488 e. The fourth-order valence-corrected chi connectivity index (χ4v) is 2.19. The number of hydrogen-bond acceptors (Lipinski definition) is 2. The van der Waals surface area contributed by atoms with Crippen LogP contribution in [0.25, 0.3) is 6.08 Å². The first-order chi connectivity index (χ1) is 9.63. The maximum absolute atomic E-state index is 13.2. The molecule has 0 bridgehead atoms. The Morgan fingerprint density at radius 2 is 1.90 bits per heavy atom. The molecule has 0 aliphatic carbocycles. The maximum Gasteiger partial charge on any atom is 0.196 e. The van der Waals surface area contributed by atoms with Gasteiger partial charge >= 0.3 is 0 Å². The number of fused-ring (bicyclic) bond motifs is 1. The molecule has 0 aromatic heterocycles. The lowest BCUT2D eigenvalue weighted by Gasteiger charge is -2.18. The molecule has 0 saturated carbocycles. The van der Waals surface area contributed by atoms with Gasteiger partial charge in [0.05, 0.1) is 5.56 Å². The highest BCUT2D eigenvalue weighted by Crippen LogP contribution is 2.28. The molecule has 0 N–H and O–H groups in total. The topological polar surface area (TPSA) is 26.3 Å². The van der Waals surface area contributed by atoms with Crippen LogP contribution in [0.2, 0.25) is 5.02 Å². The van der Waals surface area contributed by atoms with Crippen LogP contribution in [0, 0.1) is 5.82 Å². The third-order valence-electron chi connectivity index (χ3n) is 3.07. The van der Waals surface area contributed by atoms with E-state index in [4.69, 9.17) is 16.3 Å². The molecule has 3 rings (SSSR count). The van der Waals surface area contributed by atoms with Gasteiger partial charge in [-0.05, 0) is 42.0 Å². The van der Waals surface area contributed by atoms with Gasteiger partial charge in [-0.3, -0.25) is 4.79 Å². The highest BCUT2D eigenvalue weighted by atomic mass is 35.5. The van der Waals surface area contributed by atoms with Gasteiger partial charge in [0.25, 0.3) is 0 Å². The molecule has 0 fully saturated rings. The third-order valence-corrected chi connectivity index (χ3v) is 3.32. The summed E-state index contributed by atoms with van der Waals surface area (Å²) in [5.74, 6) is -0.237. The van der Waals surface area contributed by atoms with Crippen molar-refractivity contribution in [1.82, 2.24) is 0 Å². The van der Waals surface area contributed by atoms with E-state index in [1.807, 2.05) is 12.1 Å². The second-order valence-electron chi connectivity index (χ2n) is 4.48. The summed E-state index contributed by atoms with van der Waals surface area (Å²) in [5.41, 5.74) is 1.60. The highest BCUT2D eigenvalue weighted by molar-refractivity contribution is 6.30. The average molecular weight is 289 g/mol. The minimum atomic E-state index is -0.451. The number of carbonyl (C=O) groups excluding carboxylic acids is 1. The predicted octanol–water partition coefficient (Wildman–Crippen LogP) is 4.14. The van der Waals surface area contributed by atoms with Crippen molar-refractivity contribution < 1.29 is 13.9 Å². The monoisotopic (exact) mass is 288 g/mol. The van der Waals surface area contributed by atoms with E-state index in [1.54, 1.807) is 18.2 Å². The lowest BCUT2D eigenvalue weighted by atomic mass is 9.98. The van der Waals surface area contributed by atoms with E-state index in [-0.39, 0.29) is 18.0 Å². The molecule has 4 heteroatoms. The lowest BCUT2D eigenvalue weighted by Crippen LogP contribution is -2.19. The first kappa shape index (κ1) is 12.9. The zero-order valence-electron chi connectivity index (χ0n) is 10.4. The molecule has 2 nitrogen and oxygen atoms in total. The molecule has 0 atom stereocenters. The molecule has 0 amide bonds. The fourth-order valence-electron chi connectivity index (χ4n) is 2.07. The van der Waals surface area contributed by atoms with Crippen molar-refractivity contribution in [3.8, 4) is 5.75 Å². The second kappa shape index (κ2) is 5.10. The summed E-state index contributed by atoms with van der Waals surface area (Å²) in [6.45, 7) is 0.181. The number of halogens is 2. The largest absolute Gasteiger partial charge is 0.488 e. The van der Waals surface area contributed by atoms with E-state index >= 15 is 0 Å². The molecule has 0 spiro atoms. The van der Waals surface area contributed by atoms with Crippen molar-refractivity contribution in [2.24, 2.45) is 0 Å². The highest BCUT2D eigenvalue weighted by Gasteiger charge is 2.23. The van der Waals surface area contributed by atoms with Crippen LogP contribution in [0.4, 0.5) is 4.39 Å². The number of ketones is 1. The Kier molecular flexibility index (Phi) is 3.28. The molecule has 20 heavy (non-hydrogen) atoms. The van der Waals surface area contributed by atoms with Crippen molar-refractivity contribution in [2.75, 3.05) is 6.61 Å². The van der Waals surface area contributed by atoms with E-state index in [2.05, 4.69) is 0 Å². The molecule has 100 valence electrons. The number of Topliss-reactive ketones (excluding diaryl/α,β-unsaturated/α-hetero) is 1. The number of hydrogen-bond donors (Lipinski definition) is 0. The number of carbonyl (C=O) groups is 1. The van der Waals surface area contributed by atoms with Gasteiger partial charge in [0.15, 0.2) is 5.78 Å². The first-order valence-electron chi connectivity index (χ1n) is 6.07. The predicted molar refractivity (Wildman–Crippen MR) is 75.7 cm³/mol. The zero-order chi connectivity index (χ0) is 14.1. The van der Waals surface area contributed by atoms with Crippen molar-refractivity contribution in [2.45, 2.75) is 0 Å². The molecular weight excluding hydrogens is 279 g/mol. The van der Waals surface area contributed by atoms with Gasteiger partial charge in [-0.25, -0.2) is 4.39 Å². The summed E-state index contributed by atoms with van der Waals surface area (Å²) in [6.07, 6.45) is 1.73. The van der Waals surface area contributed by atoms with Crippen molar-refractivity contribution in [3.05, 3.63) is 70.0 Å². The number of rotatable bonds is 1. The average Bonchev–Trinajstić information content (AvgIpc) is 2.45. The summed E-state index contributed by atoms with van der Waals surface area (Å²) in [6, 6.07) is 11.1. The van der Waals surface area contributed by atoms with E-state index < -0.39 is 5.82 Å². The van der Waals surface area contributed by atoms with E-state index in [9.17, 15) is 9.18 Å². The number of ether oxygens (including phenoxy) is 1. The first-order valence-corrected chi connectivity index (χ1v) is 6.44. The normalized spacial score (nSPS) is 15.9. The van der Waals surface area contributed by atoms with Crippen LogP contribution < -0.4 is 4.74 Å². The summed E-state index contributed by atoms with van der Waals surface area (Å²) >= 11 is 5.81. The van der Waals surface area contributed by atoms with Gasteiger partial charge in [-0.2, -0.15) is 0 Å². The lowest BCUT2D eigenvalue weighted by molar-refractivity contribution is 0.1000. The van der Waals surface area contributed by atoms with Gasteiger partial charge in [0.2, 0.25) is 0 Å². The van der Waals surface area contributed by atoms with Crippen LogP contribution >= 0.6 is 11.6 Å².